The van der Waals surface area contributed by atoms with E-state index in [2.05, 4.69) is 10.1 Å². The molecule has 7 nitrogen and oxygen atoms in total. The fourth-order valence-electron chi connectivity index (χ4n) is 1.93. The molecule has 0 amide bonds. The van der Waals surface area contributed by atoms with Crippen LogP contribution in [0.15, 0.2) is 21.8 Å². The number of nitrogens with zero attached hydrogens (tertiary/aromatic N) is 4. The Hall–Kier alpha value is -1.81. The lowest BCUT2D eigenvalue weighted by atomic mass is 10.4. The Bertz CT molecular complexity index is 719. The second-order valence-electron chi connectivity index (χ2n) is 4.44. The van der Waals surface area contributed by atoms with E-state index in [0.29, 0.717) is 4.57 Å². The second-order valence-corrected chi connectivity index (χ2v) is 6.42. The van der Waals surface area contributed by atoms with E-state index in [4.69, 9.17) is 4.52 Å². The standard InChI is InChI=1S/C11H14F2N4O3S/c1-7-10(8(2)20-15-7)21(18,19)16(3)6-9-14-4-5-17(9)11(12)13/h4-5,11H,6H2,1-3H3. The summed E-state index contributed by atoms with van der Waals surface area (Å²) in [5, 5.41) is 3.59. The molecule has 2 rings (SSSR count). The van der Waals surface area contributed by atoms with Gasteiger partial charge in [0.1, 0.15) is 16.4 Å². The van der Waals surface area contributed by atoms with Crippen molar-refractivity contribution in [3.8, 4) is 0 Å². The molecular formula is C11H14F2N4O3S. The summed E-state index contributed by atoms with van der Waals surface area (Å²) < 4.78 is 56.7. The minimum atomic E-state index is -3.90. The van der Waals surface area contributed by atoms with Crippen LogP contribution >= 0.6 is 0 Å². The molecular weight excluding hydrogens is 306 g/mol. The average Bonchev–Trinajstić information content (AvgIpc) is 2.96. The van der Waals surface area contributed by atoms with Gasteiger partial charge >= 0.3 is 6.55 Å². The zero-order valence-corrected chi connectivity index (χ0v) is 12.4. The molecule has 0 saturated carbocycles. The summed E-state index contributed by atoms with van der Waals surface area (Å²) in [5.41, 5.74) is 0.219. The highest BCUT2D eigenvalue weighted by Crippen LogP contribution is 2.24. The Kier molecular flexibility index (Phi) is 4.10. The summed E-state index contributed by atoms with van der Waals surface area (Å²) in [5.74, 6) is 0.0967. The predicted octanol–water partition coefficient (Wildman–Crippen LogP) is 1.70. The van der Waals surface area contributed by atoms with E-state index in [-0.39, 0.29) is 28.7 Å². The number of aromatic nitrogens is 3. The van der Waals surface area contributed by atoms with Crippen LogP contribution in [0.3, 0.4) is 0 Å². The van der Waals surface area contributed by atoms with Crippen LogP contribution in [0, 0.1) is 13.8 Å². The van der Waals surface area contributed by atoms with Crippen molar-refractivity contribution >= 4 is 10.0 Å². The van der Waals surface area contributed by atoms with E-state index in [1.807, 2.05) is 0 Å². The highest BCUT2D eigenvalue weighted by molar-refractivity contribution is 7.89. The number of alkyl halides is 2. The highest BCUT2D eigenvalue weighted by atomic mass is 32.2. The molecule has 0 aliphatic carbocycles. The van der Waals surface area contributed by atoms with Gasteiger partial charge < -0.3 is 4.52 Å². The summed E-state index contributed by atoms with van der Waals surface area (Å²) in [6, 6.07) is 0. The molecule has 116 valence electrons. The Morgan fingerprint density at radius 3 is 2.62 bits per heavy atom. The first-order valence-electron chi connectivity index (χ1n) is 5.94. The molecule has 0 saturated heterocycles. The van der Waals surface area contributed by atoms with Gasteiger partial charge in [-0.25, -0.2) is 13.4 Å². The van der Waals surface area contributed by atoms with E-state index in [0.717, 1.165) is 10.5 Å². The third kappa shape index (κ3) is 2.81. The number of halogens is 2. The minimum absolute atomic E-state index is 0.0529. The van der Waals surface area contributed by atoms with Gasteiger partial charge in [0.25, 0.3) is 0 Å². The van der Waals surface area contributed by atoms with E-state index >= 15 is 0 Å². The molecule has 0 atom stereocenters. The van der Waals surface area contributed by atoms with Gasteiger partial charge in [0.15, 0.2) is 5.76 Å². The van der Waals surface area contributed by atoms with Crippen LogP contribution in [0.5, 0.6) is 0 Å². The minimum Gasteiger partial charge on any atom is -0.360 e. The van der Waals surface area contributed by atoms with Crippen molar-refractivity contribution in [3.05, 3.63) is 29.7 Å². The van der Waals surface area contributed by atoms with Gasteiger partial charge in [-0.3, -0.25) is 4.57 Å². The summed E-state index contributed by atoms with van der Waals surface area (Å²) >= 11 is 0. The number of aryl methyl sites for hydroxylation is 2. The van der Waals surface area contributed by atoms with Crippen molar-refractivity contribution in [2.75, 3.05) is 7.05 Å². The molecule has 0 fully saturated rings. The number of hydrogen-bond donors (Lipinski definition) is 0. The molecule has 0 radical (unpaired) electrons. The Balaban J connectivity index is 2.32. The van der Waals surface area contributed by atoms with Crippen LogP contribution in [-0.2, 0) is 16.6 Å². The van der Waals surface area contributed by atoms with Crippen molar-refractivity contribution < 1.29 is 21.7 Å². The van der Waals surface area contributed by atoms with E-state index in [9.17, 15) is 17.2 Å². The summed E-state index contributed by atoms with van der Waals surface area (Å²) in [6.07, 6.45) is 2.29. The van der Waals surface area contributed by atoms with Crippen LogP contribution in [0.4, 0.5) is 8.78 Å². The van der Waals surface area contributed by atoms with Gasteiger partial charge in [0, 0.05) is 19.4 Å². The van der Waals surface area contributed by atoms with Crippen LogP contribution in [0.1, 0.15) is 23.8 Å². The third-order valence-electron chi connectivity index (χ3n) is 2.96. The van der Waals surface area contributed by atoms with Gasteiger partial charge in [-0.15, -0.1) is 0 Å². The maximum Gasteiger partial charge on any atom is 0.319 e. The summed E-state index contributed by atoms with van der Waals surface area (Å²) in [7, 11) is -2.61. The summed E-state index contributed by atoms with van der Waals surface area (Å²) in [6.45, 7) is -0.0975. The van der Waals surface area contributed by atoms with Crippen molar-refractivity contribution in [2.45, 2.75) is 31.8 Å². The van der Waals surface area contributed by atoms with Crippen molar-refractivity contribution in [3.63, 3.8) is 0 Å². The Morgan fingerprint density at radius 1 is 1.43 bits per heavy atom. The first kappa shape index (κ1) is 15.6. The third-order valence-corrected chi connectivity index (χ3v) is 5.01. The maximum atomic E-state index is 12.7. The fourth-order valence-corrected chi connectivity index (χ4v) is 3.34. The van der Waals surface area contributed by atoms with Crippen molar-refractivity contribution in [1.29, 1.82) is 0 Å². The van der Waals surface area contributed by atoms with Gasteiger partial charge in [-0.05, 0) is 13.8 Å². The van der Waals surface area contributed by atoms with Gasteiger partial charge in [-0.2, -0.15) is 13.1 Å². The number of hydrogen-bond acceptors (Lipinski definition) is 5. The quantitative estimate of drug-likeness (QED) is 0.837. The van der Waals surface area contributed by atoms with E-state index < -0.39 is 16.6 Å². The highest BCUT2D eigenvalue weighted by Gasteiger charge is 2.29. The Morgan fingerprint density at radius 2 is 2.10 bits per heavy atom. The lowest BCUT2D eigenvalue weighted by Gasteiger charge is -2.17. The molecule has 2 aromatic rings. The van der Waals surface area contributed by atoms with E-state index in [1.54, 1.807) is 0 Å². The molecule has 2 heterocycles. The van der Waals surface area contributed by atoms with Gasteiger partial charge in [-0.1, -0.05) is 5.16 Å². The lowest BCUT2D eigenvalue weighted by molar-refractivity contribution is 0.0658. The van der Waals surface area contributed by atoms with Crippen molar-refractivity contribution in [1.82, 2.24) is 19.0 Å². The molecule has 0 aromatic carbocycles. The largest absolute Gasteiger partial charge is 0.360 e. The molecule has 0 N–H and O–H groups in total. The first-order chi connectivity index (χ1) is 9.75. The second kappa shape index (κ2) is 5.53. The first-order valence-corrected chi connectivity index (χ1v) is 7.38. The fraction of sp³-hybridized carbons (Fsp3) is 0.455. The average molecular weight is 320 g/mol. The SMILES string of the molecule is Cc1noc(C)c1S(=O)(=O)N(C)Cc1nccn1C(F)F. The van der Waals surface area contributed by atoms with Gasteiger partial charge in [0.05, 0.1) is 6.54 Å². The Labute approximate surface area is 120 Å². The van der Waals surface area contributed by atoms with Gasteiger partial charge in [0.2, 0.25) is 10.0 Å². The monoisotopic (exact) mass is 320 g/mol. The molecule has 21 heavy (non-hydrogen) atoms. The smallest absolute Gasteiger partial charge is 0.319 e. The summed E-state index contributed by atoms with van der Waals surface area (Å²) in [4.78, 5) is 3.70. The zero-order valence-electron chi connectivity index (χ0n) is 11.6. The van der Waals surface area contributed by atoms with E-state index in [1.165, 1.54) is 27.1 Å². The number of imidazole rings is 1. The molecule has 0 bridgehead atoms. The lowest BCUT2D eigenvalue weighted by Crippen LogP contribution is -2.28. The molecule has 0 aliphatic heterocycles. The van der Waals surface area contributed by atoms with Crippen LogP contribution < -0.4 is 0 Å². The topological polar surface area (TPSA) is 81.2 Å². The molecule has 10 heteroatoms. The molecule has 0 unspecified atom stereocenters. The number of rotatable bonds is 5. The maximum absolute atomic E-state index is 12.7. The van der Waals surface area contributed by atoms with Crippen LogP contribution in [0.25, 0.3) is 0 Å². The number of sulfonamides is 1. The normalized spacial score (nSPS) is 12.5. The molecule has 0 spiro atoms. The van der Waals surface area contributed by atoms with Crippen LogP contribution in [0.2, 0.25) is 0 Å². The molecule has 2 aromatic heterocycles. The predicted molar refractivity (Wildman–Crippen MR) is 68.1 cm³/mol. The van der Waals surface area contributed by atoms with Crippen molar-refractivity contribution in [2.24, 2.45) is 0 Å². The zero-order chi connectivity index (χ0) is 15.8. The molecule has 0 aliphatic rings. The van der Waals surface area contributed by atoms with Crippen LogP contribution in [-0.4, -0.2) is 34.5 Å².